The van der Waals surface area contributed by atoms with Gasteiger partial charge in [-0.2, -0.15) is 0 Å². The monoisotopic (exact) mass is 209 g/mol. The summed E-state index contributed by atoms with van der Waals surface area (Å²) in [6, 6.07) is 0.673. The lowest BCUT2D eigenvalue weighted by Crippen LogP contribution is -2.47. The SMILES string of the molecule is C#CC(CCC)NC1CCCCC1OC. The van der Waals surface area contributed by atoms with Crippen LogP contribution in [-0.2, 0) is 4.74 Å². The van der Waals surface area contributed by atoms with Crippen LogP contribution in [-0.4, -0.2) is 25.3 Å². The van der Waals surface area contributed by atoms with E-state index >= 15 is 0 Å². The lowest BCUT2D eigenvalue weighted by Gasteiger charge is -2.33. The first-order valence-electron chi connectivity index (χ1n) is 6.06. The van der Waals surface area contributed by atoms with Gasteiger partial charge in [0.15, 0.2) is 0 Å². The molecular weight excluding hydrogens is 186 g/mol. The van der Waals surface area contributed by atoms with Gasteiger partial charge in [-0.15, -0.1) is 6.42 Å². The predicted molar refractivity (Wildman–Crippen MR) is 63.7 cm³/mol. The Hall–Kier alpha value is -0.520. The fourth-order valence-corrected chi connectivity index (χ4v) is 2.33. The topological polar surface area (TPSA) is 21.3 Å². The standard InChI is InChI=1S/C13H23NO/c1-4-8-11(5-2)14-12-9-6-7-10-13(12)15-3/h2,11-14H,4,6-10H2,1,3H3. The van der Waals surface area contributed by atoms with Crippen LogP contribution in [0.25, 0.3) is 0 Å². The highest BCUT2D eigenvalue weighted by atomic mass is 16.5. The van der Waals surface area contributed by atoms with Crippen molar-refractivity contribution in [1.82, 2.24) is 5.32 Å². The average Bonchev–Trinajstić information content (AvgIpc) is 2.29. The van der Waals surface area contributed by atoms with Crippen molar-refractivity contribution in [2.45, 2.75) is 63.6 Å². The van der Waals surface area contributed by atoms with Gasteiger partial charge in [0, 0.05) is 13.2 Å². The minimum absolute atomic E-state index is 0.218. The van der Waals surface area contributed by atoms with Crippen molar-refractivity contribution in [2.24, 2.45) is 0 Å². The van der Waals surface area contributed by atoms with Crippen LogP contribution in [0.4, 0.5) is 0 Å². The molecule has 0 spiro atoms. The molecule has 1 fully saturated rings. The molecule has 0 aromatic heterocycles. The van der Waals surface area contributed by atoms with Gasteiger partial charge < -0.3 is 4.74 Å². The molecule has 3 unspecified atom stereocenters. The van der Waals surface area contributed by atoms with Crippen LogP contribution in [0.3, 0.4) is 0 Å². The lowest BCUT2D eigenvalue weighted by atomic mass is 9.91. The maximum atomic E-state index is 5.51. The van der Waals surface area contributed by atoms with Crippen LogP contribution in [0.5, 0.6) is 0 Å². The number of hydrogen-bond donors (Lipinski definition) is 1. The van der Waals surface area contributed by atoms with Gasteiger partial charge in [0.25, 0.3) is 0 Å². The fourth-order valence-electron chi connectivity index (χ4n) is 2.33. The Kier molecular flexibility index (Phi) is 5.75. The molecule has 0 aromatic rings. The molecule has 1 saturated carbocycles. The van der Waals surface area contributed by atoms with Crippen LogP contribution in [0, 0.1) is 12.3 Å². The minimum Gasteiger partial charge on any atom is -0.380 e. The first kappa shape index (κ1) is 12.5. The number of terminal acetylenes is 1. The van der Waals surface area contributed by atoms with Crippen LogP contribution in [0.1, 0.15) is 45.4 Å². The summed E-state index contributed by atoms with van der Waals surface area (Å²) in [5.74, 6) is 2.83. The van der Waals surface area contributed by atoms with Crippen molar-refractivity contribution in [2.75, 3.05) is 7.11 Å². The molecule has 86 valence electrons. The fraction of sp³-hybridized carbons (Fsp3) is 0.846. The smallest absolute Gasteiger partial charge is 0.0724 e. The average molecular weight is 209 g/mol. The highest BCUT2D eigenvalue weighted by Crippen LogP contribution is 2.21. The second kappa shape index (κ2) is 6.87. The zero-order valence-corrected chi connectivity index (χ0v) is 9.96. The van der Waals surface area contributed by atoms with E-state index in [1.165, 1.54) is 19.3 Å². The second-order valence-corrected chi connectivity index (χ2v) is 4.34. The molecular formula is C13H23NO. The van der Waals surface area contributed by atoms with E-state index in [-0.39, 0.29) is 6.04 Å². The Morgan fingerprint density at radius 1 is 1.47 bits per heavy atom. The van der Waals surface area contributed by atoms with E-state index < -0.39 is 0 Å². The molecule has 15 heavy (non-hydrogen) atoms. The van der Waals surface area contributed by atoms with Gasteiger partial charge in [0.1, 0.15) is 0 Å². The molecule has 1 aliphatic carbocycles. The number of nitrogens with one attached hydrogen (secondary N) is 1. The molecule has 0 aliphatic heterocycles. The quantitative estimate of drug-likeness (QED) is 0.702. The summed E-state index contributed by atoms with van der Waals surface area (Å²) in [7, 11) is 1.80. The van der Waals surface area contributed by atoms with Gasteiger partial charge in [-0.3, -0.25) is 5.32 Å². The summed E-state index contributed by atoms with van der Waals surface area (Å²) in [6.45, 7) is 2.17. The molecule has 3 atom stereocenters. The van der Waals surface area contributed by atoms with Crippen molar-refractivity contribution in [1.29, 1.82) is 0 Å². The summed E-state index contributed by atoms with van der Waals surface area (Å²) in [5.41, 5.74) is 0. The highest BCUT2D eigenvalue weighted by Gasteiger charge is 2.25. The second-order valence-electron chi connectivity index (χ2n) is 4.34. The Bertz CT molecular complexity index is 209. The van der Waals surface area contributed by atoms with Gasteiger partial charge in [0.2, 0.25) is 0 Å². The van der Waals surface area contributed by atoms with Crippen LogP contribution in [0.2, 0.25) is 0 Å². The van der Waals surface area contributed by atoms with Crippen molar-refractivity contribution < 1.29 is 4.74 Å². The Labute approximate surface area is 93.8 Å². The molecule has 0 saturated heterocycles. The normalized spacial score (nSPS) is 28.3. The minimum atomic E-state index is 0.218. The number of hydrogen-bond acceptors (Lipinski definition) is 2. The summed E-state index contributed by atoms with van der Waals surface area (Å²) in [4.78, 5) is 0. The van der Waals surface area contributed by atoms with Crippen molar-refractivity contribution >= 4 is 0 Å². The maximum Gasteiger partial charge on any atom is 0.0724 e. The lowest BCUT2D eigenvalue weighted by molar-refractivity contribution is 0.0396. The third kappa shape index (κ3) is 3.85. The first-order valence-corrected chi connectivity index (χ1v) is 6.06. The molecule has 0 radical (unpaired) electrons. The largest absolute Gasteiger partial charge is 0.380 e. The zero-order valence-electron chi connectivity index (χ0n) is 9.96. The highest BCUT2D eigenvalue weighted by molar-refractivity contribution is 5.01. The molecule has 2 heteroatoms. The van der Waals surface area contributed by atoms with Gasteiger partial charge in [-0.1, -0.05) is 32.1 Å². The van der Waals surface area contributed by atoms with E-state index in [2.05, 4.69) is 18.2 Å². The van der Waals surface area contributed by atoms with E-state index in [9.17, 15) is 0 Å². The first-order chi connectivity index (χ1) is 7.31. The molecule has 0 amide bonds. The zero-order chi connectivity index (χ0) is 11.1. The summed E-state index contributed by atoms with van der Waals surface area (Å²) in [6.07, 6.45) is 13.0. The number of rotatable bonds is 5. The molecule has 2 nitrogen and oxygen atoms in total. The van der Waals surface area contributed by atoms with Crippen molar-refractivity contribution in [3.63, 3.8) is 0 Å². The Balaban J connectivity index is 2.43. The summed E-state index contributed by atoms with van der Waals surface area (Å²) in [5, 5.41) is 3.55. The van der Waals surface area contributed by atoms with Gasteiger partial charge >= 0.3 is 0 Å². The predicted octanol–water partition coefficient (Wildman–Crippen LogP) is 2.34. The molecule has 0 aromatic carbocycles. The molecule has 1 aliphatic rings. The van der Waals surface area contributed by atoms with Gasteiger partial charge in [-0.05, 0) is 19.3 Å². The van der Waals surface area contributed by atoms with Crippen LogP contribution < -0.4 is 5.32 Å². The molecule has 0 heterocycles. The van der Waals surface area contributed by atoms with Gasteiger partial charge in [-0.25, -0.2) is 0 Å². The van der Waals surface area contributed by atoms with Crippen LogP contribution >= 0.6 is 0 Å². The summed E-state index contributed by atoms with van der Waals surface area (Å²) >= 11 is 0. The van der Waals surface area contributed by atoms with Crippen LogP contribution in [0.15, 0.2) is 0 Å². The molecule has 0 bridgehead atoms. The van der Waals surface area contributed by atoms with Crippen molar-refractivity contribution in [3.8, 4) is 12.3 Å². The molecule has 1 N–H and O–H groups in total. The van der Waals surface area contributed by atoms with E-state index in [0.29, 0.717) is 12.1 Å². The van der Waals surface area contributed by atoms with Gasteiger partial charge in [0.05, 0.1) is 12.1 Å². The van der Waals surface area contributed by atoms with Crippen molar-refractivity contribution in [3.05, 3.63) is 0 Å². The Morgan fingerprint density at radius 3 is 2.80 bits per heavy atom. The number of ether oxygens (including phenoxy) is 1. The maximum absolute atomic E-state index is 5.51. The molecule has 1 rings (SSSR count). The summed E-state index contributed by atoms with van der Waals surface area (Å²) < 4.78 is 5.50. The van der Waals surface area contributed by atoms with E-state index in [1.54, 1.807) is 7.11 Å². The third-order valence-corrected chi connectivity index (χ3v) is 3.20. The number of methoxy groups -OCH3 is 1. The third-order valence-electron chi connectivity index (χ3n) is 3.20. The van der Waals surface area contributed by atoms with E-state index in [4.69, 9.17) is 11.2 Å². The Morgan fingerprint density at radius 2 is 2.20 bits per heavy atom. The van der Waals surface area contributed by atoms with E-state index in [1.807, 2.05) is 0 Å². The van der Waals surface area contributed by atoms with E-state index in [0.717, 1.165) is 19.3 Å².